The first-order chi connectivity index (χ1) is 14.5. The van der Waals surface area contributed by atoms with Crippen LogP contribution in [0.4, 0.5) is 16.2 Å². The number of nitrogens with one attached hydrogen (secondary N) is 1. The first-order valence-corrected chi connectivity index (χ1v) is 10.5. The Bertz CT molecular complexity index is 1050. The molecule has 2 heterocycles. The van der Waals surface area contributed by atoms with Gasteiger partial charge in [0, 0.05) is 10.6 Å². The van der Waals surface area contributed by atoms with Crippen molar-refractivity contribution in [2.75, 3.05) is 10.2 Å². The SMILES string of the molecule is Cc1ccc(N2C(=O)[C@@H](CC(=O)Nc3ccccc3)N(Cc3cccs3)C2=O)cc1. The van der Waals surface area contributed by atoms with E-state index in [1.807, 2.05) is 54.8 Å². The molecule has 1 aromatic heterocycles. The zero-order valence-electron chi connectivity index (χ0n) is 16.4. The van der Waals surface area contributed by atoms with Crippen molar-refractivity contribution < 1.29 is 14.4 Å². The van der Waals surface area contributed by atoms with Crippen molar-refractivity contribution in [3.63, 3.8) is 0 Å². The number of nitrogens with zero attached hydrogens (tertiary/aromatic N) is 2. The smallest absolute Gasteiger partial charge is 0.326 e. The van der Waals surface area contributed by atoms with Crippen LogP contribution in [0, 0.1) is 6.92 Å². The van der Waals surface area contributed by atoms with Crippen molar-refractivity contribution in [1.29, 1.82) is 0 Å². The van der Waals surface area contributed by atoms with Gasteiger partial charge in [-0.25, -0.2) is 9.69 Å². The Morgan fingerprint density at radius 3 is 2.40 bits per heavy atom. The number of benzene rings is 2. The maximum absolute atomic E-state index is 13.2. The Kier molecular flexibility index (Phi) is 5.63. The minimum Gasteiger partial charge on any atom is -0.326 e. The van der Waals surface area contributed by atoms with E-state index in [0.717, 1.165) is 10.4 Å². The van der Waals surface area contributed by atoms with Crippen LogP contribution in [-0.2, 0) is 16.1 Å². The number of carbonyl (C=O) groups excluding carboxylic acids is 3. The van der Waals surface area contributed by atoms with Crippen LogP contribution in [0.15, 0.2) is 72.1 Å². The molecule has 0 saturated carbocycles. The predicted octanol–water partition coefficient (Wildman–Crippen LogP) is 4.42. The van der Waals surface area contributed by atoms with Crippen LogP contribution in [0.1, 0.15) is 16.9 Å². The summed E-state index contributed by atoms with van der Waals surface area (Å²) in [4.78, 5) is 42.6. The van der Waals surface area contributed by atoms with Crippen molar-refractivity contribution in [2.24, 2.45) is 0 Å². The Morgan fingerprint density at radius 1 is 1.00 bits per heavy atom. The molecule has 0 radical (unpaired) electrons. The molecule has 1 atom stereocenters. The molecule has 0 bridgehead atoms. The van der Waals surface area contributed by atoms with E-state index in [0.29, 0.717) is 11.4 Å². The highest BCUT2D eigenvalue weighted by Gasteiger charge is 2.46. The topological polar surface area (TPSA) is 69.7 Å². The highest BCUT2D eigenvalue weighted by atomic mass is 32.1. The second-order valence-corrected chi connectivity index (χ2v) is 8.17. The quantitative estimate of drug-likeness (QED) is 0.601. The van der Waals surface area contributed by atoms with Crippen molar-refractivity contribution in [1.82, 2.24) is 4.90 Å². The molecule has 0 unspecified atom stereocenters. The van der Waals surface area contributed by atoms with Crippen molar-refractivity contribution in [3.8, 4) is 0 Å². The lowest BCUT2D eigenvalue weighted by Crippen LogP contribution is -2.37. The first-order valence-electron chi connectivity index (χ1n) is 9.61. The molecule has 0 aliphatic carbocycles. The second kappa shape index (κ2) is 8.51. The molecule has 0 spiro atoms. The number of amides is 4. The van der Waals surface area contributed by atoms with Crippen molar-refractivity contribution >= 4 is 40.6 Å². The van der Waals surface area contributed by atoms with Gasteiger partial charge in [-0.1, -0.05) is 42.0 Å². The fourth-order valence-electron chi connectivity index (χ4n) is 3.42. The molecular weight excluding hydrogens is 398 g/mol. The number of anilines is 2. The summed E-state index contributed by atoms with van der Waals surface area (Å²) in [5, 5.41) is 4.72. The van der Waals surface area contributed by atoms with Gasteiger partial charge in [-0.2, -0.15) is 0 Å². The predicted molar refractivity (Wildman–Crippen MR) is 117 cm³/mol. The van der Waals surface area contributed by atoms with Crippen molar-refractivity contribution in [2.45, 2.75) is 25.9 Å². The van der Waals surface area contributed by atoms with Crippen LogP contribution in [0.25, 0.3) is 0 Å². The Balaban J connectivity index is 1.59. The molecule has 4 amide bonds. The van der Waals surface area contributed by atoms with Gasteiger partial charge in [0.2, 0.25) is 5.91 Å². The van der Waals surface area contributed by atoms with Gasteiger partial charge in [0.05, 0.1) is 18.7 Å². The lowest BCUT2D eigenvalue weighted by atomic mass is 10.1. The fraction of sp³-hybridized carbons (Fsp3) is 0.174. The molecule has 152 valence electrons. The van der Waals surface area contributed by atoms with Gasteiger partial charge < -0.3 is 10.2 Å². The van der Waals surface area contributed by atoms with Crippen LogP contribution in [0.3, 0.4) is 0 Å². The van der Waals surface area contributed by atoms with Crippen LogP contribution < -0.4 is 10.2 Å². The lowest BCUT2D eigenvalue weighted by Gasteiger charge is -2.21. The van der Waals surface area contributed by atoms with Gasteiger partial charge in [-0.3, -0.25) is 9.59 Å². The Hall–Kier alpha value is -3.45. The van der Waals surface area contributed by atoms with E-state index in [1.165, 1.54) is 21.1 Å². The van der Waals surface area contributed by atoms with Crippen molar-refractivity contribution in [3.05, 3.63) is 82.6 Å². The van der Waals surface area contributed by atoms with E-state index in [2.05, 4.69) is 5.32 Å². The number of imide groups is 1. The summed E-state index contributed by atoms with van der Waals surface area (Å²) < 4.78 is 0. The molecule has 1 aliphatic rings. The largest absolute Gasteiger partial charge is 0.332 e. The molecule has 1 fully saturated rings. The van der Waals surface area contributed by atoms with Crippen LogP contribution in [0.2, 0.25) is 0 Å². The third-order valence-electron chi connectivity index (χ3n) is 4.95. The molecule has 7 heteroatoms. The molecule has 30 heavy (non-hydrogen) atoms. The summed E-state index contributed by atoms with van der Waals surface area (Å²) in [5.74, 6) is -0.696. The fourth-order valence-corrected chi connectivity index (χ4v) is 4.13. The van der Waals surface area contributed by atoms with Crippen LogP contribution in [-0.4, -0.2) is 28.8 Å². The maximum atomic E-state index is 13.2. The number of aryl methyl sites for hydroxylation is 1. The van der Waals surface area contributed by atoms with E-state index >= 15 is 0 Å². The summed E-state index contributed by atoms with van der Waals surface area (Å²) in [7, 11) is 0. The summed E-state index contributed by atoms with van der Waals surface area (Å²) >= 11 is 1.51. The summed E-state index contributed by atoms with van der Waals surface area (Å²) in [6, 6.07) is 18.8. The number of rotatable bonds is 6. The number of thiophene rings is 1. The standard InChI is InChI=1S/C23H21N3O3S/c1-16-9-11-18(12-10-16)26-22(28)20(14-21(27)24-17-6-3-2-4-7-17)25(23(26)29)15-19-8-5-13-30-19/h2-13,20H,14-15H2,1H3,(H,24,27)/t20-/m1/s1. The normalized spacial score (nSPS) is 16.2. The molecule has 1 saturated heterocycles. The molecule has 3 aromatic rings. The highest BCUT2D eigenvalue weighted by molar-refractivity contribution is 7.09. The summed E-state index contributed by atoms with van der Waals surface area (Å²) in [6.45, 7) is 2.23. The third-order valence-corrected chi connectivity index (χ3v) is 5.81. The number of hydrogen-bond acceptors (Lipinski definition) is 4. The molecule has 4 rings (SSSR count). The number of carbonyl (C=O) groups is 3. The number of para-hydroxylation sites is 1. The molecule has 2 aromatic carbocycles. The van der Waals surface area contributed by atoms with Gasteiger partial charge >= 0.3 is 6.03 Å². The average Bonchev–Trinajstić information content (AvgIpc) is 3.33. The minimum absolute atomic E-state index is 0.104. The minimum atomic E-state index is -0.857. The van der Waals surface area contributed by atoms with Crippen LogP contribution in [0.5, 0.6) is 0 Å². The molecule has 1 aliphatic heterocycles. The average molecular weight is 420 g/mol. The van der Waals surface area contributed by atoms with E-state index in [9.17, 15) is 14.4 Å². The number of hydrogen-bond donors (Lipinski definition) is 1. The first kappa shape index (κ1) is 19.8. The molecular formula is C23H21N3O3S. The van der Waals surface area contributed by atoms with Gasteiger partial charge in [0.1, 0.15) is 6.04 Å². The van der Waals surface area contributed by atoms with E-state index < -0.39 is 12.1 Å². The third kappa shape index (κ3) is 4.11. The monoisotopic (exact) mass is 419 g/mol. The Morgan fingerprint density at radius 2 is 1.73 bits per heavy atom. The van der Waals surface area contributed by atoms with Gasteiger partial charge in [0.15, 0.2) is 0 Å². The zero-order chi connectivity index (χ0) is 21.1. The van der Waals surface area contributed by atoms with Gasteiger partial charge in [0.25, 0.3) is 5.91 Å². The lowest BCUT2D eigenvalue weighted by molar-refractivity contribution is -0.124. The molecule has 1 N–H and O–H groups in total. The van der Waals surface area contributed by atoms with E-state index in [-0.39, 0.29) is 24.8 Å². The van der Waals surface area contributed by atoms with Gasteiger partial charge in [-0.05, 0) is 42.6 Å². The van der Waals surface area contributed by atoms with E-state index in [4.69, 9.17) is 0 Å². The maximum Gasteiger partial charge on any atom is 0.332 e. The number of urea groups is 1. The highest BCUT2D eigenvalue weighted by Crippen LogP contribution is 2.29. The van der Waals surface area contributed by atoms with Crippen LogP contribution >= 0.6 is 11.3 Å². The zero-order valence-corrected chi connectivity index (χ0v) is 17.3. The summed E-state index contributed by atoms with van der Waals surface area (Å²) in [6.07, 6.45) is -0.104. The summed E-state index contributed by atoms with van der Waals surface area (Å²) in [5.41, 5.74) is 2.20. The second-order valence-electron chi connectivity index (χ2n) is 7.13. The Labute approximate surface area is 178 Å². The van der Waals surface area contributed by atoms with E-state index in [1.54, 1.807) is 24.3 Å². The van der Waals surface area contributed by atoms with Gasteiger partial charge in [-0.15, -0.1) is 11.3 Å². The molecule has 6 nitrogen and oxygen atoms in total.